The summed E-state index contributed by atoms with van der Waals surface area (Å²) in [4.78, 5) is 7.95. The number of rotatable bonds is 9. The molecule has 1 heterocycles. The van der Waals surface area contributed by atoms with Gasteiger partial charge in [0.1, 0.15) is 18.7 Å². The maximum absolute atomic E-state index is 9.88. The summed E-state index contributed by atoms with van der Waals surface area (Å²) in [6.45, 7) is 10.4. The van der Waals surface area contributed by atoms with Gasteiger partial charge in [-0.1, -0.05) is 6.07 Å². The first-order chi connectivity index (χ1) is 12.0. The number of hydrogen-bond donors (Lipinski definition) is 2. The lowest BCUT2D eigenvalue weighted by atomic mass is 10.0. The highest BCUT2D eigenvalue weighted by Crippen LogP contribution is 2.25. The molecule has 2 rings (SSSR count). The molecule has 6 nitrogen and oxygen atoms in total. The van der Waals surface area contributed by atoms with Crippen LogP contribution in [0.5, 0.6) is 11.5 Å². The van der Waals surface area contributed by atoms with E-state index in [1.807, 2.05) is 13.0 Å². The fourth-order valence-electron chi connectivity index (χ4n) is 2.53. The SMILES string of the molecule is CCOCCc1ccc(OCCNc2ncnc(C)c2O)c(C)c1C. The molecule has 0 aliphatic carbocycles. The fourth-order valence-corrected chi connectivity index (χ4v) is 2.53. The molecular weight excluding hydrogens is 318 g/mol. The molecule has 2 aromatic rings. The van der Waals surface area contributed by atoms with E-state index in [2.05, 4.69) is 35.2 Å². The molecule has 0 amide bonds. The molecule has 0 radical (unpaired) electrons. The number of hydrogen-bond acceptors (Lipinski definition) is 6. The van der Waals surface area contributed by atoms with E-state index < -0.39 is 0 Å². The second-order valence-corrected chi connectivity index (χ2v) is 5.85. The Bertz CT molecular complexity index is 705. The molecule has 0 bridgehead atoms. The van der Waals surface area contributed by atoms with Gasteiger partial charge in [-0.2, -0.15) is 0 Å². The molecule has 2 N–H and O–H groups in total. The van der Waals surface area contributed by atoms with Crippen LogP contribution in [0.25, 0.3) is 0 Å². The van der Waals surface area contributed by atoms with E-state index >= 15 is 0 Å². The summed E-state index contributed by atoms with van der Waals surface area (Å²) in [5.74, 6) is 1.38. The fraction of sp³-hybridized carbons (Fsp3) is 0.474. The standard InChI is InChI=1S/C19H27N3O3/c1-5-24-10-8-16-6-7-17(14(3)13(16)2)25-11-9-20-19-18(23)15(4)21-12-22-19/h6-7,12,23H,5,8-11H2,1-4H3,(H,20,21,22). The van der Waals surface area contributed by atoms with Gasteiger partial charge in [0.15, 0.2) is 11.6 Å². The van der Waals surface area contributed by atoms with Crippen molar-refractivity contribution >= 4 is 5.82 Å². The van der Waals surface area contributed by atoms with Crippen molar-refractivity contribution in [3.05, 3.63) is 40.8 Å². The van der Waals surface area contributed by atoms with Crippen molar-refractivity contribution < 1.29 is 14.6 Å². The van der Waals surface area contributed by atoms with Gasteiger partial charge in [0, 0.05) is 6.61 Å². The topological polar surface area (TPSA) is 76.5 Å². The number of nitrogens with zero attached hydrogens (tertiary/aromatic N) is 2. The average Bonchev–Trinajstić information content (AvgIpc) is 2.60. The summed E-state index contributed by atoms with van der Waals surface area (Å²) >= 11 is 0. The molecule has 1 aromatic heterocycles. The lowest BCUT2D eigenvalue weighted by molar-refractivity contribution is 0.151. The lowest BCUT2D eigenvalue weighted by Gasteiger charge is -2.15. The Morgan fingerprint density at radius 3 is 2.64 bits per heavy atom. The van der Waals surface area contributed by atoms with Crippen LogP contribution in [0.3, 0.4) is 0 Å². The van der Waals surface area contributed by atoms with Crippen LogP contribution >= 0.6 is 0 Å². The first-order valence-corrected chi connectivity index (χ1v) is 8.58. The monoisotopic (exact) mass is 345 g/mol. The molecule has 136 valence electrons. The zero-order valence-corrected chi connectivity index (χ0v) is 15.4. The minimum absolute atomic E-state index is 0.0770. The maximum Gasteiger partial charge on any atom is 0.179 e. The first-order valence-electron chi connectivity index (χ1n) is 8.58. The van der Waals surface area contributed by atoms with Crippen molar-refractivity contribution in [1.29, 1.82) is 0 Å². The van der Waals surface area contributed by atoms with Gasteiger partial charge < -0.3 is 19.9 Å². The number of benzene rings is 1. The highest BCUT2D eigenvalue weighted by atomic mass is 16.5. The van der Waals surface area contributed by atoms with Crippen molar-refractivity contribution in [3.63, 3.8) is 0 Å². The summed E-state index contributed by atoms with van der Waals surface area (Å²) in [6.07, 6.45) is 2.33. The Morgan fingerprint density at radius 2 is 1.88 bits per heavy atom. The van der Waals surface area contributed by atoms with Crippen LogP contribution in [-0.4, -0.2) is 41.4 Å². The second-order valence-electron chi connectivity index (χ2n) is 5.85. The predicted octanol–water partition coefficient (Wildman–Crippen LogP) is 3.18. The number of ether oxygens (including phenoxy) is 2. The highest BCUT2D eigenvalue weighted by Gasteiger charge is 2.08. The molecule has 0 aliphatic rings. The number of anilines is 1. The molecule has 0 aliphatic heterocycles. The van der Waals surface area contributed by atoms with Crippen LogP contribution in [0.15, 0.2) is 18.5 Å². The number of aromatic hydroxyl groups is 1. The highest BCUT2D eigenvalue weighted by molar-refractivity contribution is 5.50. The molecule has 6 heteroatoms. The first kappa shape index (κ1) is 19.0. The second kappa shape index (κ2) is 9.22. The summed E-state index contributed by atoms with van der Waals surface area (Å²) in [5.41, 5.74) is 4.23. The van der Waals surface area contributed by atoms with Crippen molar-refractivity contribution in [2.75, 3.05) is 31.7 Å². The van der Waals surface area contributed by atoms with Crippen molar-refractivity contribution in [2.24, 2.45) is 0 Å². The summed E-state index contributed by atoms with van der Waals surface area (Å²) in [7, 11) is 0. The largest absolute Gasteiger partial charge is 0.503 e. The van der Waals surface area contributed by atoms with Gasteiger partial charge in [-0.25, -0.2) is 9.97 Å². The van der Waals surface area contributed by atoms with E-state index in [1.165, 1.54) is 17.5 Å². The van der Waals surface area contributed by atoms with Crippen LogP contribution in [0.1, 0.15) is 29.3 Å². The Labute approximate surface area is 149 Å². The van der Waals surface area contributed by atoms with E-state index in [9.17, 15) is 5.11 Å². The minimum Gasteiger partial charge on any atom is -0.503 e. The normalized spacial score (nSPS) is 10.7. The molecule has 0 spiro atoms. The van der Waals surface area contributed by atoms with Crippen LogP contribution in [0, 0.1) is 20.8 Å². The van der Waals surface area contributed by atoms with Gasteiger partial charge >= 0.3 is 0 Å². The summed E-state index contributed by atoms with van der Waals surface area (Å²) in [6, 6.07) is 4.11. The van der Waals surface area contributed by atoms with E-state index in [1.54, 1.807) is 6.92 Å². The smallest absolute Gasteiger partial charge is 0.179 e. The zero-order valence-electron chi connectivity index (χ0n) is 15.4. The van der Waals surface area contributed by atoms with Crippen LogP contribution < -0.4 is 10.1 Å². The molecule has 1 aromatic carbocycles. The van der Waals surface area contributed by atoms with Gasteiger partial charge in [-0.15, -0.1) is 0 Å². The van der Waals surface area contributed by atoms with E-state index in [-0.39, 0.29) is 5.75 Å². The summed E-state index contributed by atoms with van der Waals surface area (Å²) in [5, 5.41) is 12.9. The summed E-state index contributed by atoms with van der Waals surface area (Å²) < 4.78 is 11.3. The molecule has 0 atom stereocenters. The van der Waals surface area contributed by atoms with Crippen LogP contribution in [0.4, 0.5) is 5.82 Å². The van der Waals surface area contributed by atoms with E-state index in [4.69, 9.17) is 9.47 Å². The Kier molecular flexibility index (Phi) is 7.01. The average molecular weight is 345 g/mol. The van der Waals surface area contributed by atoms with Gasteiger partial charge in [0.05, 0.1) is 18.8 Å². The third kappa shape index (κ3) is 5.06. The Morgan fingerprint density at radius 1 is 1.08 bits per heavy atom. The Hall–Kier alpha value is -2.34. The lowest BCUT2D eigenvalue weighted by Crippen LogP contribution is -2.13. The van der Waals surface area contributed by atoms with E-state index in [0.29, 0.717) is 24.7 Å². The van der Waals surface area contributed by atoms with Crippen molar-refractivity contribution in [2.45, 2.75) is 34.1 Å². The molecule has 0 saturated heterocycles. The Balaban J connectivity index is 1.88. The van der Waals surface area contributed by atoms with Gasteiger partial charge in [0.2, 0.25) is 0 Å². The number of nitrogens with one attached hydrogen (secondary N) is 1. The maximum atomic E-state index is 9.88. The number of aromatic nitrogens is 2. The van der Waals surface area contributed by atoms with Crippen molar-refractivity contribution in [1.82, 2.24) is 9.97 Å². The molecule has 25 heavy (non-hydrogen) atoms. The van der Waals surface area contributed by atoms with Crippen LogP contribution in [0.2, 0.25) is 0 Å². The van der Waals surface area contributed by atoms with Gasteiger partial charge in [-0.3, -0.25) is 0 Å². The third-order valence-electron chi connectivity index (χ3n) is 4.23. The number of aryl methyl sites for hydroxylation is 1. The molecular formula is C19H27N3O3. The van der Waals surface area contributed by atoms with E-state index in [0.717, 1.165) is 30.9 Å². The molecule has 0 saturated carbocycles. The predicted molar refractivity (Wildman–Crippen MR) is 98.5 cm³/mol. The zero-order chi connectivity index (χ0) is 18.2. The van der Waals surface area contributed by atoms with Gasteiger partial charge in [0.25, 0.3) is 0 Å². The minimum atomic E-state index is 0.0770. The quantitative estimate of drug-likeness (QED) is 0.680. The van der Waals surface area contributed by atoms with Crippen LogP contribution in [-0.2, 0) is 11.2 Å². The molecule has 0 fully saturated rings. The third-order valence-corrected chi connectivity index (χ3v) is 4.23. The molecule has 0 unspecified atom stereocenters. The van der Waals surface area contributed by atoms with Gasteiger partial charge in [-0.05, 0) is 56.9 Å². The van der Waals surface area contributed by atoms with Crippen molar-refractivity contribution in [3.8, 4) is 11.5 Å².